The van der Waals surface area contributed by atoms with Gasteiger partial charge in [0.15, 0.2) is 0 Å². The van der Waals surface area contributed by atoms with Crippen LogP contribution in [0, 0.1) is 0 Å². The first-order chi connectivity index (χ1) is 16.5. The van der Waals surface area contributed by atoms with Crippen LogP contribution in [0.5, 0.6) is 5.75 Å². The molecule has 3 amide bonds. The molecule has 0 radical (unpaired) electrons. The molecule has 1 unspecified atom stereocenters. The standard InChI is InChI=1S/C25H28BN3O5/c26-29-23(30)9-8-21(25(29)32)28-15-20-19(24(28)31)2-1-3-22(20)34-16-18-6-4-17(5-7-18)14-27-10-12-33-13-11-27/h1-7,21H,8-16,26H2. The summed E-state index contributed by atoms with van der Waals surface area (Å²) < 4.78 is 11.5. The molecule has 3 heterocycles. The van der Waals surface area contributed by atoms with Crippen LogP contribution in [0.3, 0.4) is 0 Å². The minimum Gasteiger partial charge on any atom is -0.489 e. The predicted octanol–water partition coefficient (Wildman–Crippen LogP) is 1.12. The first kappa shape index (κ1) is 22.6. The van der Waals surface area contributed by atoms with E-state index in [0.29, 0.717) is 30.9 Å². The molecule has 5 rings (SSSR count). The van der Waals surface area contributed by atoms with Gasteiger partial charge in [0.2, 0.25) is 19.8 Å². The van der Waals surface area contributed by atoms with E-state index in [0.717, 1.165) is 48.8 Å². The number of fused-ring (bicyclic) bond motifs is 1. The van der Waals surface area contributed by atoms with Gasteiger partial charge in [-0.2, -0.15) is 0 Å². The highest BCUT2D eigenvalue weighted by Gasteiger charge is 2.41. The van der Waals surface area contributed by atoms with Crippen molar-refractivity contribution in [1.82, 2.24) is 14.6 Å². The first-order valence-electron chi connectivity index (χ1n) is 11.8. The summed E-state index contributed by atoms with van der Waals surface area (Å²) in [6.45, 7) is 5.10. The number of ether oxygens (including phenoxy) is 2. The van der Waals surface area contributed by atoms with Crippen molar-refractivity contribution in [3.8, 4) is 5.75 Å². The van der Waals surface area contributed by atoms with Crippen LogP contribution in [0.15, 0.2) is 42.5 Å². The summed E-state index contributed by atoms with van der Waals surface area (Å²) in [7, 11) is 1.48. The monoisotopic (exact) mass is 461 g/mol. The second kappa shape index (κ2) is 9.60. The van der Waals surface area contributed by atoms with E-state index in [-0.39, 0.29) is 24.1 Å². The molecule has 0 bridgehead atoms. The van der Waals surface area contributed by atoms with E-state index in [4.69, 9.17) is 9.47 Å². The van der Waals surface area contributed by atoms with Crippen LogP contribution in [-0.2, 0) is 34.0 Å². The van der Waals surface area contributed by atoms with Crippen molar-refractivity contribution in [3.63, 3.8) is 0 Å². The maximum atomic E-state index is 13.1. The fraction of sp³-hybridized carbons (Fsp3) is 0.400. The number of piperidine rings is 1. The summed E-state index contributed by atoms with van der Waals surface area (Å²) in [6, 6.07) is 13.2. The van der Waals surface area contributed by atoms with E-state index < -0.39 is 6.04 Å². The molecule has 176 valence electrons. The van der Waals surface area contributed by atoms with Crippen LogP contribution in [-0.4, -0.2) is 72.7 Å². The summed E-state index contributed by atoms with van der Waals surface area (Å²) in [5.74, 6) is -0.0603. The van der Waals surface area contributed by atoms with Crippen molar-refractivity contribution in [2.75, 3.05) is 26.3 Å². The van der Waals surface area contributed by atoms with Crippen molar-refractivity contribution in [1.29, 1.82) is 0 Å². The zero-order valence-corrected chi connectivity index (χ0v) is 19.4. The zero-order chi connectivity index (χ0) is 23.7. The smallest absolute Gasteiger partial charge is 0.255 e. The normalized spacial score (nSPS) is 21.2. The Bertz CT molecular complexity index is 1100. The van der Waals surface area contributed by atoms with Gasteiger partial charge in [-0.15, -0.1) is 0 Å². The third-order valence-electron chi connectivity index (χ3n) is 6.88. The lowest BCUT2D eigenvalue weighted by molar-refractivity contribution is -0.145. The van der Waals surface area contributed by atoms with Gasteiger partial charge >= 0.3 is 0 Å². The first-order valence-corrected chi connectivity index (χ1v) is 11.8. The van der Waals surface area contributed by atoms with Crippen LogP contribution in [0.4, 0.5) is 0 Å². The lowest BCUT2D eigenvalue weighted by Gasteiger charge is -2.34. The highest BCUT2D eigenvalue weighted by Crippen LogP contribution is 2.34. The number of imide groups is 1. The Labute approximate surface area is 199 Å². The largest absolute Gasteiger partial charge is 0.489 e. The Morgan fingerprint density at radius 3 is 2.50 bits per heavy atom. The van der Waals surface area contributed by atoms with Gasteiger partial charge in [-0.05, 0) is 29.7 Å². The van der Waals surface area contributed by atoms with Crippen molar-refractivity contribution in [3.05, 3.63) is 64.7 Å². The van der Waals surface area contributed by atoms with Gasteiger partial charge in [0.1, 0.15) is 18.4 Å². The number of carbonyl (C=O) groups excluding carboxylic acids is 3. The van der Waals surface area contributed by atoms with Crippen LogP contribution < -0.4 is 4.74 Å². The molecule has 0 spiro atoms. The molecule has 0 saturated carbocycles. The van der Waals surface area contributed by atoms with Gasteiger partial charge in [0.25, 0.3) is 5.91 Å². The minimum atomic E-state index is -0.616. The Hall–Kier alpha value is -3.17. The van der Waals surface area contributed by atoms with Crippen molar-refractivity contribution >= 4 is 25.7 Å². The van der Waals surface area contributed by atoms with Gasteiger partial charge < -0.3 is 19.2 Å². The average molecular weight is 461 g/mol. The fourth-order valence-corrected chi connectivity index (χ4v) is 4.82. The summed E-state index contributed by atoms with van der Waals surface area (Å²) in [5, 5.41) is 0. The minimum absolute atomic E-state index is 0.186. The van der Waals surface area contributed by atoms with Crippen LogP contribution in [0.25, 0.3) is 0 Å². The maximum Gasteiger partial charge on any atom is 0.255 e. The molecule has 1 atom stereocenters. The third-order valence-corrected chi connectivity index (χ3v) is 6.88. The molecule has 9 heteroatoms. The predicted molar refractivity (Wildman–Crippen MR) is 127 cm³/mol. The van der Waals surface area contributed by atoms with E-state index in [1.807, 2.05) is 6.07 Å². The Kier molecular flexibility index (Phi) is 6.39. The number of benzene rings is 2. The van der Waals surface area contributed by atoms with Gasteiger partial charge in [-0.25, -0.2) is 0 Å². The Balaban J connectivity index is 1.24. The molecule has 8 nitrogen and oxygen atoms in total. The molecule has 3 aliphatic heterocycles. The van der Waals surface area contributed by atoms with Crippen LogP contribution in [0.1, 0.15) is 39.9 Å². The summed E-state index contributed by atoms with van der Waals surface area (Å²) in [4.78, 5) is 42.6. The average Bonchev–Trinajstić information content (AvgIpc) is 3.20. The van der Waals surface area contributed by atoms with E-state index in [9.17, 15) is 14.4 Å². The van der Waals surface area contributed by atoms with E-state index >= 15 is 0 Å². The number of rotatable bonds is 6. The summed E-state index contributed by atoms with van der Waals surface area (Å²) in [6.07, 6.45) is 0.618. The van der Waals surface area contributed by atoms with Gasteiger partial charge in [0, 0.05) is 37.2 Å². The Morgan fingerprint density at radius 1 is 1.00 bits per heavy atom. The van der Waals surface area contributed by atoms with Gasteiger partial charge in [-0.1, -0.05) is 30.3 Å². The molecule has 2 saturated heterocycles. The number of nitrogens with zero attached hydrogens (tertiary/aromatic N) is 3. The molecule has 2 aromatic carbocycles. The zero-order valence-electron chi connectivity index (χ0n) is 19.4. The molecule has 0 aromatic heterocycles. The van der Waals surface area contributed by atoms with Crippen molar-refractivity contribution in [2.24, 2.45) is 0 Å². The van der Waals surface area contributed by atoms with Gasteiger partial charge in [0.05, 0.1) is 19.8 Å². The van der Waals surface area contributed by atoms with E-state index in [2.05, 4.69) is 29.2 Å². The molecule has 34 heavy (non-hydrogen) atoms. The van der Waals surface area contributed by atoms with Crippen LogP contribution in [0.2, 0.25) is 0 Å². The molecule has 0 N–H and O–H groups in total. The second-order valence-electron chi connectivity index (χ2n) is 9.05. The topological polar surface area (TPSA) is 79.4 Å². The van der Waals surface area contributed by atoms with Crippen LogP contribution >= 0.6 is 0 Å². The molecule has 0 aliphatic carbocycles. The number of amides is 3. The number of carbonyl (C=O) groups is 3. The number of hydrogen-bond donors (Lipinski definition) is 0. The molecule has 2 fully saturated rings. The maximum absolute atomic E-state index is 13.1. The molecule has 2 aromatic rings. The lowest BCUT2D eigenvalue weighted by atomic mass is 9.99. The highest BCUT2D eigenvalue weighted by molar-refractivity contribution is 6.26. The molecular formula is C25H28BN3O5. The van der Waals surface area contributed by atoms with E-state index in [1.54, 1.807) is 17.0 Å². The third kappa shape index (κ3) is 4.45. The summed E-state index contributed by atoms with van der Waals surface area (Å²) in [5.41, 5.74) is 3.66. The second-order valence-corrected chi connectivity index (χ2v) is 9.05. The quantitative estimate of drug-likeness (QED) is 0.474. The SMILES string of the molecule is BN1C(=O)CCC(N2Cc3c(OCc4ccc(CN5CCOCC5)cc4)cccc3C2=O)C1=O. The molecule has 3 aliphatic rings. The van der Waals surface area contributed by atoms with Crippen molar-refractivity contribution in [2.45, 2.75) is 38.6 Å². The van der Waals surface area contributed by atoms with Crippen molar-refractivity contribution < 1.29 is 23.9 Å². The van der Waals surface area contributed by atoms with Gasteiger partial charge in [-0.3, -0.25) is 19.3 Å². The number of morpholine rings is 1. The summed E-state index contributed by atoms with van der Waals surface area (Å²) >= 11 is 0. The number of hydrogen-bond acceptors (Lipinski definition) is 6. The van der Waals surface area contributed by atoms with E-state index in [1.165, 1.54) is 13.5 Å². The lowest BCUT2D eigenvalue weighted by Crippen LogP contribution is -2.53. The molecular weight excluding hydrogens is 433 g/mol. The highest BCUT2D eigenvalue weighted by atomic mass is 16.5. The fourth-order valence-electron chi connectivity index (χ4n) is 4.82. The Morgan fingerprint density at radius 2 is 1.74 bits per heavy atom.